The molecular formula is C29H22FIN6O5. The Morgan fingerprint density at radius 1 is 1.07 bits per heavy atom. The van der Waals surface area contributed by atoms with Gasteiger partial charge in [-0.2, -0.15) is 9.78 Å². The van der Waals surface area contributed by atoms with E-state index in [1.165, 1.54) is 59.8 Å². The van der Waals surface area contributed by atoms with E-state index < -0.39 is 23.3 Å². The number of amides is 3. The van der Waals surface area contributed by atoms with Crippen LogP contribution in [0.5, 0.6) is 11.5 Å². The third-order valence-corrected chi connectivity index (χ3v) is 6.66. The normalized spacial score (nSPS) is 12.5. The molecule has 3 amide bonds. The summed E-state index contributed by atoms with van der Waals surface area (Å²) in [5.41, 5.74) is 0.626. The van der Waals surface area contributed by atoms with Crippen LogP contribution in [0.4, 0.5) is 20.7 Å². The number of benzene rings is 2. The van der Waals surface area contributed by atoms with Crippen molar-refractivity contribution in [3.8, 4) is 17.2 Å². The van der Waals surface area contributed by atoms with Gasteiger partial charge in [-0.05, 0) is 89.7 Å². The molecule has 1 aliphatic rings. The van der Waals surface area contributed by atoms with Crippen LogP contribution < -0.4 is 20.9 Å². The van der Waals surface area contributed by atoms with Gasteiger partial charge in [-0.3, -0.25) is 19.8 Å². The number of nitrogens with one attached hydrogen (secondary N) is 2. The number of aromatic nitrogens is 3. The first kappa shape index (κ1) is 28.5. The minimum Gasteiger partial charge on any atom is -0.510 e. The predicted octanol–water partition coefficient (Wildman–Crippen LogP) is 5.53. The summed E-state index contributed by atoms with van der Waals surface area (Å²) in [5.74, 6) is -1.13. The van der Waals surface area contributed by atoms with Crippen molar-refractivity contribution < 1.29 is 23.8 Å². The van der Waals surface area contributed by atoms with Crippen molar-refractivity contribution in [3.05, 3.63) is 122 Å². The molecule has 0 bridgehead atoms. The molecule has 42 heavy (non-hydrogen) atoms. The molecule has 3 N–H and O–H groups in total. The molecule has 0 atom stereocenters. The number of aliphatic hydroxyl groups excluding tert-OH is 1. The van der Waals surface area contributed by atoms with Gasteiger partial charge >= 0.3 is 6.03 Å². The fourth-order valence-corrected chi connectivity index (χ4v) is 4.27. The second-order valence-corrected chi connectivity index (χ2v) is 10.3. The molecule has 5 rings (SSSR count). The summed E-state index contributed by atoms with van der Waals surface area (Å²) in [4.78, 5) is 43.3. The largest absolute Gasteiger partial charge is 0.510 e. The van der Waals surface area contributed by atoms with E-state index in [0.717, 1.165) is 14.3 Å². The third-order valence-electron chi connectivity index (χ3n) is 5.94. The minimum absolute atomic E-state index is 0.00604. The Bertz CT molecular complexity index is 1810. The topological polar surface area (TPSA) is 139 Å². The second-order valence-electron chi connectivity index (χ2n) is 9.04. The maximum Gasteiger partial charge on any atom is 0.327 e. The zero-order chi connectivity index (χ0) is 29.8. The lowest BCUT2D eigenvalue weighted by molar-refractivity contribution is 0.102. The lowest BCUT2D eigenvalue weighted by Gasteiger charge is -2.20. The van der Waals surface area contributed by atoms with Crippen LogP contribution in [-0.4, -0.2) is 43.3 Å². The number of ether oxygens (including phenoxy) is 1. The highest BCUT2D eigenvalue weighted by Crippen LogP contribution is 2.28. The van der Waals surface area contributed by atoms with E-state index >= 15 is 0 Å². The van der Waals surface area contributed by atoms with Crippen LogP contribution in [0.2, 0.25) is 0 Å². The van der Waals surface area contributed by atoms with E-state index in [0.29, 0.717) is 11.3 Å². The fraction of sp³-hybridized carbons (Fsp3) is 0.0690. The third kappa shape index (κ3) is 6.63. The number of anilines is 2. The molecule has 0 unspecified atom stereocenters. The highest BCUT2D eigenvalue weighted by Gasteiger charge is 2.18. The number of aryl methyl sites for hydroxylation is 1. The number of nitrogens with zero attached hydrogens (tertiary/aromatic N) is 4. The van der Waals surface area contributed by atoms with Gasteiger partial charge in [0.15, 0.2) is 17.3 Å². The summed E-state index contributed by atoms with van der Waals surface area (Å²) < 4.78 is 22.7. The number of carbonyl (C=O) groups is 2. The number of urea groups is 1. The Morgan fingerprint density at radius 3 is 2.60 bits per heavy atom. The molecule has 3 heterocycles. The number of allylic oxidation sites excluding steroid dienone is 2. The van der Waals surface area contributed by atoms with E-state index in [2.05, 4.69) is 43.3 Å². The van der Waals surface area contributed by atoms with Gasteiger partial charge in [0.25, 0.3) is 11.5 Å². The van der Waals surface area contributed by atoms with Gasteiger partial charge in [-0.1, -0.05) is 0 Å². The number of aliphatic hydroxyl groups is 1. The van der Waals surface area contributed by atoms with Crippen LogP contribution in [0.1, 0.15) is 16.1 Å². The standard InChI is InChI=1S/C29H22FIN6O5/c1-17-13-26(39)37(20-7-4-18(31)5-8-20)35-27(17)28(40)33-19-6-9-24(23(30)14-19)42-22-10-11-32-25(15-22)34-29(41)36-12-2-3-21(38)16-36/h2-15,38H,16H2,1H3,(H,33,40)(H,32,34,41). The number of hydrogen-bond acceptors (Lipinski definition) is 7. The van der Waals surface area contributed by atoms with Gasteiger partial charge in [0, 0.05) is 39.9 Å². The molecule has 11 nitrogen and oxygen atoms in total. The van der Waals surface area contributed by atoms with Crippen molar-refractivity contribution in [2.45, 2.75) is 6.92 Å². The first-order valence-corrected chi connectivity index (χ1v) is 13.5. The van der Waals surface area contributed by atoms with Crippen LogP contribution in [0, 0.1) is 16.3 Å². The first-order valence-electron chi connectivity index (χ1n) is 12.4. The molecule has 0 saturated heterocycles. The van der Waals surface area contributed by atoms with Crippen molar-refractivity contribution in [1.82, 2.24) is 19.7 Å². The Balaban J connectivity index is 1.27. The monoisotopic (exact) mass is 680 g/mol. The summed E-state index contributed by atoms with van der Waals surface area (Å²) in [6, 6.07) is 14.6. The summed E-state index contributed by atoms with van der Waals surface area (Å²) in [5, 5.41) is 19.0. The maximum atomic E-state index is 15.0. The Labute approximate surface area is 252 Å². The Hall–Kier alpha value is -5.05. The van der Waals surface area contributed by atoms with Crippen molar-refractivity contribution in [1.29, 1.82) is 0 Å². The number of hydrogen-bond donors (Lipinski definition) is 3. The molecular weight excluding hydrogens is 658 g/mol. The quantitative estimate of drug-likeness (QED) is 0.228. The van der Waals surface area contributed by atoms with Gasteiger partial charge in [0.05, 0.1) is 12.2 Å². The molecule has 2 aromatic heterocycles. The van der Waals surface area contributed by atoms with Crippen molar-refractivity contribution in [2.24, 2.45) is 0 Å². The first-order chi connectivity index (χ1) is 20.2. The number of carbonyl (C=O) groups excluding carboxylic acids is 2. The molecule has 4 aromatic rings. The summed E-state index contributed by atoms with van der Waals surface area (Å²) in [6.07, 6.45) is 5.89. The van der Waals surface area contributed by atoms with Crippen LogP contribution in [0.15, 0.2) is 95.8 Å². The number of rotatable bonds is 6. The summed E-state index contributed by atoms with van der Waals surface area (Å²) in [6.45, 7) is 1.60. The maximum absolute atomic E-state index is 15.0. The zero-order valence-corrected chi connectivity index (χ0v) is 24.1. The van der Waals surface area contributed by atoms with Crippen LogP contribution in [0.25, 0.3) is 5.69 Å². The molecule has 1 aliphatic heterocycles. The van der Waals surface area contributed by atoms with E-state index in [1.54, 1.807) is 19.1 Å². The zero-order valence-electron chi connectivity index (χ0n) is 21.9. The number of pyridine rings is 1. The van der Waals surface area contributed by atoms with Crippen LogP contribution >= 0.6 is 22.6 Å². The summed E-state index contributed by atoms with van der Waals surface area (Å²) >= 11 is 2.14. The average Bonchev–Trinajstić information content (AvgIpc) is 2.95. The SMILES string of the molecule is Cc1cc(=O)n(-c2ccc(I)cc2)nc1C(=O)Nc1ccc(Oc2ccnc(NC(=O)N3C=CC=C(O)C3)c2)c(F)c1. The van der Waals surface area contributed by atoms with Crippen molar-refractivity contribution in [3.63, 3.8) is 0 Å². The van der Waals surface area contributed by atoms with Gasteiger partial charge in [0.1, 0.15) is 17.3 Å². The fourth-order valence-electron chi connectivity index (χ4n) is 3.92. The highest BCUT2D eigenvalue weighted by molar-refractivity contribution is 14.1. The molecule has 0 radical (unpaired) electrons. The van der Waals surface area contributed by atoms with E-state index in [-0.39, 0.29) is 41.0 Å². The molecule has 0 aliphatic carbocycles. The van der Waals surface area contributed by atoms with Crippen LogP contribution in [0.3, 0.4) is 0 Å². The summed E-state index contributed by atoms with van der Waals surface area (Å²) in [7, 11) is 0. The second kappa shape index (κ2) is 12.2. The molecule has 0 saturated carbocycles. The lowest BCUT2D eigenvalue weighted by Crippen LogP contribution is -2.33. The van der Waals surface area contributed by atoms with Gasteiger partial charge in [0.2, 0.25) is 0 Å². The average molecular weight is 680 g/mol. The van der Waals surface area contributed by atoms with Crippen LogP contribution in [-0.2, 0) is 0 Å². The van der Waals surface area contributed by atoms with E-state index in [1.807, 2.05) is 12.1 Å². The molecule has 0 spiro atoms. The van der Waals surface area contributed by atoms with Crippen molar-refractivity contribution in [2.75, 3.05) is 17.2 Å². The molecule has 212 valence electrons. The lowest BCUT2D eigenvalue weighted by atomic mass is 10.2. The smallest absolute Gasteiger partial charge is 0.327 e. The van der Waals surface area contributed by atoms with E-state index in [9.17, 15) is 23.9 Å². The minimum atomic E-state index is -0.760. The molecule has 2 aromatic carbocycles. The highest BCUT2D eigenvalue weighted by atomic mass is 127. The van der Waals surface area contributed by atoms with Gasteiger partial charge in [-0.15, -0.1) is 0 Å². The Morgan fingerprint density at radius 2 is 1.86 bits per heavy atom. The van der Waals surface area contributed by atoms with Gasteiger partial charge < -0.3 is 15.2 Å². The number of halogens is 2. The predicted molar refractivity (Wildman–Crippen MR) is 162 cm³/mol. The Kier molecular flexibility index (Phi) is 8.28. The van der Waals surface area contributed by atoms with Gasteiger partial charge in [-0.25, -0.2) is 14.2 Å². The molecule has 0 fully saturated rings. The van der Waals surface area contributed by atoms with Crippen molar-refractivity contribution >= 4 is 46.0 Å². The molecule has 13 heteroatoms. The van der Waals surface area contributed by atoms with E-state index in [4.69, 9.17) is 4.74 Å².